The third-order valence-electron chi connectivity index (χ3n) is 17.9. The molecular formula is C87H61N9O8. The van der Waals surface area contributed by atoms with E-state index in [0.29, 0.717) is 62.5 Å². The number of rotatable bonds is 9. The molecule has 0 saturated carbocycles. The highest BCUT2D eigenvalue weighted by atomic mass is 16.4. The van der Waals surface area contributed by atoms with Crippen LogP contribution in [0.4, 0.5) is 28.4 Å². The van der Waals surface area contributed by atoms with Crippen LogP contribution in [-0.4, -0.2) is 49.7 Å². The molecule has 0 saturated heterocycles. The van der Waals surface area contributed by atoms with Gasteiger partial charge in [-0.05, 0) is 161 Å². The van der Waals surface area contributed by atoms with Gasteiger partial charge >= 0.3 is 0 Å². The zero-order valence-corrected chi connectivity index (χ0v) is 53.8. The van der Waals surface area contributed by atoms with Crippen LogP contribution in [0.1, 0.15) is 70.5 Å². The molecule has 8 heterocycles. The van der Waals surface area contributed by atoms with Gasteiger partial charge in [0.05, 0.1) is 0 Å². The Morgan fingerprint density at radius 1 is 0.250 bits per heavy atom. The molecule has 0 fully saturated rings. The lowest BCUT2D eigenvalue weighted by Gasteiger charge is -2.01. The Morgan fingerprint density at radius 3 is 0.837 bits per heavy atom. The average molecular weight is 1360 g/mol. The molecule has 5 aliphatic heterocycles. The minimum atomic E-state index is -0.115. The number of benzene rings is 11. The molecule has 5 aliphatic rings. The molecule has 17 heteroatoms. The highest BCUT2D eigenvalue weighted by Crippen LogP contribution is 2.39. The summed E-state index contributed by atoms with van der Waals surface area (Å²) in [5.41, 5.74) is 22.7. The molecule has 17 nitrogen and oxygen atoms in total. The Balaban J connectivity index is 0.000000127. The van der Waals surface area contributed by atoms with E-state index in [1.54, 1.807) is 0 Å². The molecule has 104 heavy (non-hydrogen) atoms. The maximum absolute atomic E-state index is 12.5. The van der Waals surface area contributed by atoms with Crippen LogP contribution in [0.2, 0.25) is 0 Å². The van der Waals surface area contributed by atoms with Gasteiger partial charge in [-0.3, -0.25) is 24.0 Å². The Labute approximate surface area is 596 Å². The number of oxazole rings is 2. The molecular weight excluding hydrogens is 1300 g/mol. The second-order valence-electron chi connectivity index (χ2n) is 24.4. The van der Waals surface area contributed by atoms with Crippen LogP contribution in [-0.2, 0) is 24.0 Å². The standard InChI is InChI=1S/C32H20N4O3.C31H19N3O3.C22H14N2O2.2CH4/c37-29-25(23-5-1-3-7-27(23)33-29)17-19-9-13-21(14-10-19)31-35-36-32(39-31)22-15-11-20(12-16-22)18-26-24-6-2-4-8-28(24)34-30(26)38;35-29-23(21-5-1-3-7-25(21)32-29)15-18-9-12-20(13-10-18)31-34-27-17-19(11-14-28(27)37-31)16-24-22-6-2-4-8-26(22)33-30(24)36;25-21-17(16-5-1-2-6-18(16)23-21)13-14-9-11-15(12-10-14)22-24-19-7-3-4-8-20(19)26-22;;/h1-18H,(H,33,37)(H,34,38);1-17H,(H,32,35)(H,33,36);1-13H,(H,23,25);2*1H4/b25-17-,26-18-;23-15-,24-16+;17-13+;;. The van der Waals surface area contributed by atoms with E-state index in [1.807, 2.05) is 291 Å². The average Bonchev–Trinajstić information content (AvgIpc) is 1.67. The van der Waals surface area contributed by atoms with Crippen LogP contribution in [0, 0.1) is 0 Å². The van der Waals surface area contributed by atoms with Gasteiger partial charge in [-0.2, -0.15) is 0 Å². The number of hydrogen-bond acceptors (Lipinski definition) is 12. The van der Waals surface area contributed by atoms with E-state index < -0.39 is 0 Å². The minimum Gasteiger partial charge on any atom is -0.436 e. The van der Waals surface area contributed by atoms with E-state index in [4.69, 9.17) is 13.3 Å². The maximum atomic E-state index is 12.5. The number of hydrogen-bond donors (Lipinski definition) is 5. The predicted molar refractivity (Wildman–Crippen MR) is 412 cm³/mol. The molecule has 502 valence electrons. The Bertz CT molecular complexity index is 5790. The second kappa shape index (κ2) is 27.7. The summed E-state index contributed by atoms with van der Waals surface area (Å²) < 4.78 is 17.8. The van der Waals surface area contributed by atoms with Crippen LogP contribution in [0.5, 0.6) is 0 Å². The molecule has 11 aromatic carbocycles. The molecule has 3 aromatic heterocycles. The van der Waals surface area contributed by atoms with E-state index in [2.05, 4.69) is 46.7 Å². The van der Waals surface area contributed by atoms with Gasteiger partial charge in [-0.25, -0.2) is 9.97 Å². The quantitative estimate of drug-likeness (QED) is 0.0849. The van der Waals surface area contributed by atoms with E-state index in [0.717, 1.165) is 117 Å². The molecule has 0 atom stereocenters. The second-order valence-corrected chi connectivity index (χ2v) is 24.4. The number of carbonyl (C=O) groups excluding carboxylic acids is 5. The lowest BCUT2D eigenvalue weighted by molar-refractivity contribution is -0.111. The van der Waals surface area contributed by atoms with E-state index in [9.17, 15) is 24.0 Å². The van der Waals surface area contributed by atoms with Crippen molar-refractivity contribution in [3.05, 3.63) is 316 Å². The van der Waals surface area contributed by atoms with Crippen molar-refractivity contribution in [1.82, 2.24) is 20.2 Å². The highest BCUT2D eigenvalue weighted by molar-refractivity contribution is 6.38. The Kier molecular flexibility index (Phi) is 17.4. The number of aromatic nitrogens is 4. The fourth-order valence-electron chi connectivity index (χ4n) is 12.7. The van der Waals surface area contributed by atoms with Crippen LogP contribution in [0.25, 0.3) is 126 Å². The van der Waals surface area contributed by atoms with Gasteiger partial charge in [0.1, 0.15) is 11.0 Å². The van der Waals surface area contributed by atoms with Crippen molar-refractivity contribution in [3.63, 3.8) is 0 Å². The molecule has 14 aromatic rings. The van der Waals surface area contributed by atoms with E-state index >= 15 is 0 Å². The first kappa shape index (κ1) is 65.5. The zero-order valence-electron chi connectivity index (χ0n) is 53.8. The highest BCUT2D eigenvalue weighted by Gasteiger charge is 2.28. The number of nitrogens with one attached hydrogen (secondary N) is 5. The zero-order chi connectivity index (χ0) is 68.8. The van der Waals surface area contributed by atoms with Crippen LogP contribution in [0.15, 0.2) is 274 Å². The molecule has 0 unspecified atom stereocenters. The van der Waals surface area contributed by atoms with Gasteiger partial charge in [0.15, 0.2) is 11.2 Å². The summed E-state index contributed by atoms with van der Waals surface area (Å²) in [5, 5.41) is 22.9. The number of carbonyl (C=O) groups is 5. The normalized spacial score (nSPS) is 15.3. The summed E-state index contributed by atoms with van der Waals surface area (Å²) >= 11 is 0. The van der Waals surface area contributed by atoms with Gasteiger partial charge < -0.3 is 39.8 Å². The van der Waals surface area contributed by atoms with Crippen molar-refractivity contribution < 1.29 is 37.2 Å². The minimum absolute atomic E-state index is 0. The number of anilines is 5. The molecule has 5 amide bonds. The molecule has 0 spiro atoms. The molecule has 0 bridgehead atoms. The third kappa shape index (κ3) is 12.9. The van der Waals surface area contributed by atoms with Gasteiger partial charge in [-0.15, -0.1) is 10.2 Å². The summed E-state index contributed by atoms with van der Waals surface area (Å²) in [6.07, 6.45) is 9.39. The first-order chi connectivity index (χ1) is 50.0. The van der Waals surface area contributed by atoms with Crippen LogP contribution >= 0.6 is 0 Å². The van der Waals surface area contributed by atoms with Crippen LogP contribution < -0.4 is 26.6 Å². The van der Waals surface area contributed by atoms with Crippen molar-refractivity contribution in [2.75, 3.05) is 26.6 Å². The molecule has 0 radical (unpaired) electrons. The lowest BCUT2D eigenvalue weighted by Crippen LogP contribution is -2.03. The first-order valence-electron chi connectivity index (χ1n) is 32.7. The number of para-hydroxylation sites is 7. The summed E-state index contributed by atoms with van der Waals surface area (Å²) in [4.78, 5) is 71.1. The monoisotopic (exact) mass is 1360 g/mol. The van der Waals surface area contributed by atoms with Gasteiger partial charge in [0.2, 0.25) is 23.6 Å². The third-order valence-corrected chi connectivity index (χ3v) is 17.9. The molecule has 5 N–H and O–H groups in total. The van der Waals surface area contributed by atoms with Crippen molar-refractivity contribution in [2.24, 2.45) is 0 Å². The summed E-state index contributed by atoms with van der Waals surface area (Å²) in [7, 11) is 0. The summed E-state index contributed by atoms with van der Waals surface area (Å²) in [6.45, 7) is 0. The summed E-state index contributed by atoms with van der Waals surface area (Å²) in [5.74, 6) is 1.39. The first-order valence-corrected chi connectivity index (χ1v) is 32.7. The number of nitrogens with zero attached hydrogens (tertiary/aromatic N) is 4. The lowest BCUT2D eigenvalue weighted by atomic mass is 10.0. The van der Waals surface area contributed by atoms with Crippen molar-refractivity contribution >= 4 is 138 Å². The van der Waals surface area contributed by atoms with Gasteiger partial charge in [-0.1, -0.05) is 173 Å². The number of fused-ring (bicyclic) bond motifs is 7. The van der Waals surface area contributed by atoms with Crippen LogP contribution in [0.3, 0.4) is 0 Å². The van der Waals surface area contributed by atoms with Crippen molar-refractivity contribution in [2.45, 2.75) is 14.9 Å². The Hall–Kier alpha value is -14.5. The Morgan fingerprint density at radius 2 is 0.510 bits per heavy atom. The smallest absolute Gasteiger partial charge is 0.256 e. The fourth-order valence-corrected chi connectivity index (χ4v) is 12.7. The van der Waals surface area contributed by atoms with E-state index in [1.165, 1.54) is 0 Å². The van der Waals surface area contributed by atoms with Crippen molar-refractivity contribution in [3.8, 4) is 45.8 Å². The SMILES string of the molecule is C.C.O=C1Nc2ccccc2/C1=C/c1ccc(-c2nc3cc(/C=C4/C(=O)Nc5ccccc54)ccc3o2)cc1.O=C1Nc2ccccc2/C1=C/c1ccc(-c2nnc(-c3ccc(/C=C4\C(=O)Nc5ccccc54)cc3)o2)cc1.O=C1Nc2ccccc2/C1=C\c1ccc(-c2nc3ccccc3o2)cc1. The van der Waals surface area contributed by atoms with Crippen molar-refractivity contribution in [1.29, 1.82) is 0 Å². The maximum Gasteiger partial charge on any atom is 0.256 e. The van der Waals surface area contributed by atoms with Gasteiger partial charge in [0, 0.05) is 106 Å². The van der Waals surface area contributed by atoms with E-state index in [-0.39, 0.29) is 44.4 Å². The molecule has 0 aliphatic carbocycles. The largest absolute Gasteiger partial charge is 0.436 e. The number of amides is 5. The van der Waals surface area contributed by atoms with Gasteiger partial charge in [0.25, 0.3) is 29.5 Å². The fraction of sp³-hybridized carbons (Fsp3) is 0.0230. The molecule has 19 rings (SSSR count). The summed E-state index contributed by atoms with van der Waals surface area (Å²) in [6, 6.07) is 82.5. The predicted octanol–water partition coefficient (Wildman–Crippen LogP) is 19.1. The topological polar surface area (TPSA) is 236 Å².